The number of nitrogens with one attached hydrogen (secondary N) is 2. The summed E-state index contributed by atoms with van der Waals surface area (Å²) in [6.45, 7) is 1.81. The third-order valence-electron chi connectivity index (χ3n) is 2.28. The first-order chi connectivity index (χ1) is 8.11. The van der Waals surface area contributed by atoms with Crippen molar-refractivity contribution in [2.45, 2.75) is 6.92 Å². The number of aryl methyl sites for hydroxylation is 2. The van der Waals surface area contributed by atoms with Gasteiger partial charge in [-0.1, -0.05) is 0 Å². The van der Waals surface area contributed by atoms with Gasteiger partial charge in [0.1, 0.15) is 5.00 Å². The molecule has 90 valence electrons. The molecule has 0 aromatic carbocycles. The van der Waals surface area contributed by atoms with Crippen LogP contribution < -0.4 is 10.6 Å². The van der Waals surface area contributed by atoms with Crippen molar-refractivity contribution in [2.75, 3.05) is 17.7 Å². The lowest BCUT2D eigenvalue weighted by atomic mass is 10.2. The number of carbonyl (C=O) groups is 1. The van der Waals surface area contributed by atoms with Gasteiger partial charge in [0.05, 0.1) is 23.1 Å². The van der Waals surface area contributed by atoms with Gasteiger partial charge in [-0.3, -0.25) is 9.48 Å². The van der Waals surface area contributed by atoms with Crippen molar-refractivity contribution in [1.29, 1.82) is 0 Å². The van der Waals surface area contributed by atoms with E-state index in [1.54, 1.807) is 31.2 Å². The number of carbonyl (C=O) groups excluding carboxylic acids is 1. The lowest BCUT2D eigenvalue weighted by Gasteiger charge is -2.03. The van der Waals surface area contributed by atoms with Crippen LogP contribution in [0.15, 0.2) is 12.4 Å². The number of aromatic nitrogens is 3. The molecule has 0 aliphatic rings. The van der Waals surface area contributed by atoms with Crippen LogP contribution in [0.25, 0.3) is 0 Å². The van der Waals surface area contributed by atoms with Crippen molar-refractivity contribution in [2.24, 2.45) is 7.05 Å². The molecule has 2 heterocycles. The predicted octanol–water partition coefficient (Wildman–Crippen LogP) is 1.48. The fourth-order valence-corrected chi connectivity index (χ4v) is 2.23. The minimum Gasteiger partial charge on any atom is -0.378 e. The number of rotatable bonds is 3. The van der Waals surface area contributed by atoms with Gasteiger partial charge in [-0.25, -0.2) is 0 Å². The van der Waals surface area contributed by atoms with Crippen LogP contribution in [0.1, 0.15) is 16.1 Å². The first-order valence-corrected chi connectivity index (χ1v) is 5.83. The molecule has 0 atom stereocenters. The zero-order chi connectivity index (χ0) is 12.4. The second-order valence-corrected chi connectivity index (χ2v) is 4.35. The van der Waals surface area contributed by atoms with Gasteiger partial charge in [-0.15, -0.1) is 0 Å². The van der Waals surface area contributed by atoms with Crippen molar-refractivity contribution in [3.05, 3.63) is 23.7 Å². The molecule has 1 amide bonds. The summed E-state index contributed by atoms with van der Waals surface area (Å²) in [6.07, 6.45) is 3.35. The lowest BCUT2D eigenvalue weighted by molar-refractivity contribution is 0.102. The van der Waals surface area contributed by atoms with Gasteiger partial charge >= 0.3 is 0 Å². The van der Waals surface area contributed by atoms with Crippen molar-refractivity contribution in [1.82, 2.24) is 14.2 Å². The van der Waals surface area contributed by atoms with Crippen LogP contribution in [0.3, 0.4) is 0 Å². The largest absolute Gasteiger partial charge is 0.378 e. The van der Waals surface area contributed by atoms with Crippen molar-refractivity contribution >= 4 is 28.1 Å². The number of hydrogen-bond acceptors (Lipinski definition) is 5. The summed E-state index contributed by atoms with van der Waals surface area (Å²) in [4.78, 5) is 12.1. The Balaban J connectivity index is 2.22. The van der Waals surface area contributed by atoms with E-state index in [0.717, 1.165) is 10.7 Å². The first kappa shape index (κ1) is 11.6. The monoisotopic (exact) mass is 251 g/mol. The maximum absolute atomic E-state index is 12.1. The molecule has 0 unspecified atom stereocenters. The second kappa shape index (κ2) is 4.54. The number of amides is 1. The van der Waals surface area contributed by atoms with Gasteiger partial charge in [0.2, 0.25) is 0 Å². The molecule has 2 aromatic heterocycles. The van der Waals surface area contributed by atoms with Crippen molar-refractivity contribution in [3.63, 3.8) is 0 Å². The van der Waals surface area contributed by atoms with E-state index in [1.807, 2.05) is 6.92 Å². The van der Waals surface area contributed by atoms with E-state index in [4.69, 9.17) is 0 Å². The van der Waals surface area contributed by atoms with Crippen LogP contribution in [0.2, 0.25) is 0 Å². The average Bonchev–Trinajstić information content (AvgIpc) is 2.84. The van der Waals surface area contributed by atoms with Gasteiger partial charge < -0.3 is 10.6 Å². The molecule has 0 saturated carbocycles. The highest BCUT2D eigenvalue weighted by atomic mass is 32.1. The Morgan fingerprint density at radius 3 is 2.88 bits per heavy atom. The minimum atomic E-state index is -0.173. The molecule has 0 bridgehead atoms. The van der Waals surface area contributed by atoms with Gasteiger partial charge in [-0.05, 0) is 18.5 Å². The first-order valence-electron chi connectivity index (χ1n) is 5.06. The Morgan fingerprint density at radius 1 is 1.53 bits per heavy atom. The second-order valence-electron chi connectivity index (χ2n) is 3.58. The molecule has 2 aromatic rings. The predicted molar refractivity (Wildman–Crippen MR) is 67.6 cm³/mol. The zero-order valence-electron chi connectivity index (χ0n) is 9.81. The van der Waals surface area contributed by atoms with Gasteiger partial charge in [0.25, 0.3) is 5.91 Å². The van der Waals surface area contributed by atoms with E-state index in [0.29, 0.717) is 11.3 Å². The Labute approximate surface area is 103 Å². The SMILES string of the molecule is CNc1snc(C)c1C(=O)Nc1cnn(C)c1. The normalized spacial score (nSPS) is 10.3. The highest BCUT2D eigenvalue weighted by Gasteiger charge is 2.17. The van der Waals surface area contributed by atoms with Gasteiger partial charge in [0.15, 0.2) is 0 Å². The molecule has 0 spiro atoms. The summed E-state index contributed by atoms with van der Waals surface area (Å²) in [5.41, 5.74) is 1.98. The Hall–Kier alpha value is -1.89. The lowest BCUT2D eigenvalue weighted by Crippen LogP contribution is -2.13. The third-order valence-corrected chi connectivity index (χ3v) is 3.24. The Kier molecular flexibility index (Phi) is 3.10. The summed E-state index contributed by atoms with van der Waals surface area (Å²) in [5, 5.41) is 10.5. The molecule has 2 N–H and O–H groups in total. The van der Waals surface area contributed by atoms with Gasteiger partial charge in [0, 0.05) is 20.3 Å². The number of anilines is 2. The van der Waals surface area contributed by atoms with E-state index in [9.17, 15) is 4.79 Å². The van der Waals surface area contributed by atoms with Gasteiger partial charge in [-0.2, -0.15) is 9.47 Å². The highest BCUT2D eigenvalue weighted by Crippen LogP contribution is 2.24. The standard InChI is InChI=1S/C10H13N5OS/c1-6-8(10(11-2)17-14-6)9(16)13-7-4-12-15(3)5-7/h4-5,11H,1-3H3,(H,13,16). The summed E-state index contributed by atoms with van der Waals surface area (Å²) < 4.78 is 5.79. The summed E-state index contributed by atoms with van der Waals surface area (Å²) in [7, 11) is 3.57. The summed E-state index contributed by atoms with van der Waals surface area (Å²) in [5.74, 6) is -0.173. The van der Waals surface area contributed by atoms with E-state index < -0.39 is 0 Å². The summed E-state index contributed by atoms with van der Waals surface area (Å²) in [6, 6.07) is 0. The van der Waals surface area contributed by atoms with Crippen LogP contribution >= 0.6 is 11.5 Å². The van der Waals surface area contributed by atoms with Crippen molar-refractivity contribution in [3.8, 4) is 0 Å². The summed E-state index contributed by atoms with van der Waals surface area (Å²) >= 11 is 1.28. The molecule has 17 heavy (non-hydrogen) atoms. The van der Waals surface area contributed by atoms with Crippen LogP contribution in [0.4, 0.5) is 10.7 Å². The Morgan fingerprint density at radius 2 is 2.29 bits per heavy atom. The molecular weight excluding hydrogens is 238 g/mol. The molecule has 0 aliphatic heterocycles. The smallest absolute Gasteiger partial charge is 0.260 e. The van der Waals surface area contributed by atoms with Crippen molar-refractivity contribution < 1.29 is 4.79 Å². The van der Waals surface area contributed by atoms with E-state index in [2.05, 4.69) is 20.1 Å². The molecule has 0 saturated heterocycles. The molecule has 0 fully saturated rings. The highest BCUT2D eigenvalue weighted by molar-refractivity contribution is 7.10. The molecular formula is C10H13N5OS. The fourth-order valence-electron chi connectivity index (χ4n) is 1.49. The molecule has 6 nitrogen and oxygen atoms in total. The van der Waals surface area contributed by atoms with Crippen LogP contribution in [-0.4, -0.2) is 27.1 Å². The van der Waals surface area contributed by atoms with E-state index in [1.165, 1.54) is 11.5 Å². The maximum atomic E-state index is 12.1. The minimum absolute atomic E-state index is 0.173. The fraction of sp³-hybridized carbons (Fsp3) is 0.300. The molecule has 0 aliphatic carbocycles. The van der Waals surface area contributed by atoms with Crippen LogP contribution in [0.5, 0.6) is 0 Å². The van der Waals surface area contributed by atoms with E-state index in [-0.39, 0.29) is 5.91 Å². The molecule has 0 radical (unpaired) electrons. The van der Waals surface area contributed by atoms with E-state index >= 15 is 0 Å². The van der Waals surface area contributed by atoms with Crippen LogP contribution in [0, 0.1) is 6.92 Å². The quantitative estimate of drug-likeness (QED) is 0.866. The number of hydrogen-bond donors (Lipinski definition) is 2. The molecule has 7 heteroatoms. The third kappa shape index (κ3) is 2.28. The number of nitrogens with zero attached hydrogens (tertiary/aromatic N) is 3. The average molecular weight is 251 g/mol. The zero-order valence-corrected chi connectivity index (χ0v) is 10.6. The Bertz CT molecular complexity index is 545. The maximum Gasteiger partial charge on any atom is 0.260 e. The van der Waals surface area contributed by atoms with Crippen LogP contribution in [-0.2, 0) is 7.05 Å². The molecule has 2 rings (SSSR count). The topological polar surface area (TPSA) is 71.8 Å².